The van der Waals surface area contributed by atoms with Gasteiger partial charge in [0.15, 0.2) is 0 Å². The first-order valence-electron chi connectivity index (χ1n) is 4.14. The molecule has 1 saturated carbocycles. The summed E-state index contributed by atoms with van der Waals surface area (Å²) in [5.41, 5.74) is 5.29. The molecule has 1 rings (SSSR count). The lowest BCUT2D eigenvalue weighted by atomic mass is 9.81. The number of aliphatic hydroxyl groups is 1. The fourth-order valence-electron chi connectivity index (χ4n) is 1.71. The maximum atomic E-state index is 9.77. The third-order valence-electron chi connectivity index (χ3n) is 2.52. The predicted molar refractivity (Wildman–Crippen MR) is 41.7 cm³/mol. The minimum absolute atomic E-state index is 0.235. The Morgan fingerprint density at radius 2 is 2.40 bits per heavy atom. The van der Waals surface area contributed by atoms with E-state index in [-0.39, 0.29) is 6.04 Å². The van der Waals surface area contributed by atoms with Crippen molar-refractivity contribution in [3.05, 3.63) is 0 Å². The van der Waals surface area contributed by atoms with E-state index in [1.807, 2.05) is 6.92 Å². The van der Waals surface area contributed by atoms with Crippen LogP contribution in [0.15, 0.2) is 0 Å². The summed E-state index contributed by atoms with van der Waals surface area (Å²) in [5.74, 6) is 0. The van der Waals surface area contributed by atoms with Crippen LogP contribution in [-0.4, -0.2) is 16.7 Å². The second kappa shape index (κ2) is 2.89. The van der Waals surface area contributed by atoms with E-state index >= 15 is 0 Å². The minimum Gasteiger partial charge on any atom is -0.390 e. The lowest BCUT2D eigenvalue weighted by Crippen LogP contribution is -2.40. The summed E-state index contributed by atoms with van der Waals surface area (Å²) in [4.78, 5) is 0. The molecule has 2 nitrogen and oxygen atoms in total. The maximum absolute atomic E-state index is 9.77. The predicted octanol–water partition coefficient (Wildman–Crippen LogP) is 1.03. The summed E-state index contributed by atoms with van der Waals surface area (Å²) in [5, 5.41) is 9.77. The van der Waals surface area contributed by atoms with Gasteiger partial charge in [0.05, 0.1) is 5.60 Å². The van der Waals surface area contributed by atoms with E-state index < -0.39 is 5.60 Å². The van der Waals surface area contributed by atoms with Gasteiger partial charge in [-0.25, -0.2) is 0 Å². The third kappa shape index (κ3) is 1.70. The van der Waals surface area contributed by atoms with Crippen LogP contribution >= 0.6 is 0 Å². The van der Waals surface area contributed by atoms with Crippen LogP contribution in [0, 0.1) is 0 Å². The normalized spacial score (nSPS) is 41.7. The Kier molecular flexibility index (Phi) is 2.32. The van der Waals surface area contributed by atoms with Crippen molar-refractivity contribution < 1.29 is 5.11 Å². The van der Waals surface area contributed by atoms with Crippen LogP contribution in [0.4, 0.5) is 0 Å². The van der Waals surface area contributed by atoms with Crippen molar-refractivity contribution in [3.63, 3.8) is 0 Å². The van der Waals surface area contributed by atoms with Gasteiger partial charge in [0.1, 0.15) is 0 Å². The van der Waals surface area contributed by atoms with Crippen LogP contribution in [0.3, 0.4) is 0 Å². The van der Waals surface area contributed by atoms with Gasteiger partial charge >= 0.3 is 0 Å². The molecule has 0 unspecified atom stereocenters. The molecule has 3 N–H and O–H groups in total. The highest BCUT2D eigenvalue weighted by atomic mass is 16.3. The average Bonchev–Trinajstić information content (AvgIpc) is 1.88. The smallest absolute Gasteiger partial charge is 0.0660 e. The van der Waals surface area contributed by atoms with Crippen molar-refractivity contribution in [1.29, 1.82) is 0 Å². The number of rotatable bonds is 1. The van der Waals surface area contributed by atoms with Crippen molar-refractivity contribution in [2.45, 2.75) is 50.7 Å². The Hall–Kier alpha value is -0.0800. The number of nitrogens with two attached hydrogens (primary N) is 1. The SMILES string of the molecule is CC[C@]1(O)CCC[C@@H](N)C1. The van der Waals surface area contributed by atoms with Crippen molar-refractivity contribution in [3.8, 4) is 0 Å². The fourth-order valence-corrected chi connectivity index (χ4v) is 1.71. The minimum atomic E-state index is -0.433. The van der Waals surface area contributed by atoms with E-state index in [9.17, 15) is 5.11 Å². The number of hydrogen-bond donors (Lipinski definition) is 2. The highest BCUT2D eigenvalue weighted by molar-refractivity contribution is 4.86. The molecule has 0 aromatic carbocycles. The lowest BCUT2D eigenvalue weighted by Gasteiger charge is -2.34. The van der Waals surface area contributed by atoms with Crippen LogP contribution < -0.4 is 5.73 Å². The molecule has 1 fully saturated rings. The van der Waals surface area contributed by atoms with Crippen LogP contribution in [0.5, 0.6) is 0 Å². The first-order chi connectivity index (χ1) is 4.66. The Balaban J connectivity index is 2.45. The standard InChI is InChI=1S/C8H17NO/c1-2-8(10)5-3-4-7(9)6-8/h7,10H,2-6,9H2,1H3/t7-,8+/m1/s1. The largest absolute Gasteiger partial charge is 0.390 e. The van der Waals surface area contributed by atoms with Crippen LogP contribution in [0.1, 0.15) is 39.0 Å². The first-order valence-corrected chi connectivity index (χ1v) is 4.14. The molecule has 1 aliphatic carbocycles. The Morgan fingerprint density at radius 3 is 2.80 bits per heavy atom. The van der Waals surface area contributed by atoms with Gasteiger partial charge in [0.25, 0.3) is 0 Å². The molecule has 0 aliphatic heterocycles. The van der Waals surface area contributed by atoms with Gasteiger partial charge in [-0.1, -0.05) is 6.92 Å². The summed E-state index contributed by atoms with van der Waals surface area (Å²) >= 11 is 0. The van der Waals surface area contributed by atoms with E-state index in [4.69, 9.17) is 5.73 Å². The van der Waals surface area contributed by atoms with Gasteiger partial charge in [0, 0.05) is 6.04 Å². The topological polar surface area (TPSA) is 46.2 Å². The molecule has 0 saturated heterocycles. The summed E-state index contributed by atoms with van der Waals surface area (Å²) in [7, 11) is 0. The van der Waals surface area contributed by atoms with Gasteiger partial charge in [-0.15, -0.1) is 0 Å². The zero-order valence-electron chi connectivity index (χ0n) is 6.64. The monoisotopic (exact) mass is 143 g/mol. The second-order valence-corrected chi connectivity index (χ2v) is 3.43. The summed E-state index contributed by atoms with van der Waals surface area (Å²) in [6.45, 7) is 2.03. The molecule has 0 radical (unpaired) electrons. The Morgan fingerprint density at radius 1 is 1.70 bits per heavy atom. The molecule has 60 valence electrons. The van der Waals surface area contributed by atoms with Gasteiger partial charge in [-0.3, -0.25) is 0 Å². The van der Waals surface area contributed by atoms with Gasteiger partial charge < -0.3 is 10.8 Å². The van der Waals surface area contributed by atoms with E-state index in [0.717, 1.165) is 32.1 Å². The van der Waals surface area contributed by atoms with E-state index in [2.05, 4.69) is 0 Å². The summed E-state index contributed by atoms with van der Waals surface area (Å²) < 4.78 is 0. The zero-order chi connectivity index (χ0) is 7.61. The zero-order valence-corrected chi connectivity index (χ0v) is 6.64. The highest BCUT2D eigenvalue weighted by Gasteiger charge is 2.30. The van der Waals surface area contributed by atoms with Crippen LogP contribution in [-0.2, 0) is 0 Å². The van der Waals surface area contributed by atoms with Crippen molar-refractivity contribution in [1.82, 2.24) is 0 Å². The molecular weight excluding hydrogens is 126 g/mol. The van der Waals surface area contributed by atoms with Crippen molar-refractivity contribution in [2.75, 3.05) is 0 Å². The summed E-state index contributed by atoms with van der Waals surface area (Å²) in [6, 6.07) is 0.235. The maximum Gasteiger partial charge on any atom is 0.0660 e. The summed E-state index contributed by atoms with van der Waals surface area (Å²) in [6.07, 6.45) is 4.76. The highest BCUT2D eigenvalue weighted by Crippen LogP contribution is 2.29. The molecule has 0 amide bonds. The molecule has 0 aromatic rings. The van der Waals surface area contributed by atoms with Gasteiger partial charge in [0.2, 0.25) is 0 Å². The molecule has 0 bridgehead atoms. The molecule has 1 aliphatic rings. The molecule has 10 heavy (non-hydrogen) atoms. The van der Waals surface area contributed by atoms with Gasteiger partial charge in [-0.2, -0.15) is 0 Å². The van der Waals surface area contributed by atoms with E-state index in [1.54, 1.807) is 0 Å². The molecule has 0 heterocycles. The van der Waals surface area contributed by atoms with Crippen molar-refractivity contribution in [2.24, 2.45) is 5.73 Å². The molecular formula is C8H17NO. The quantitative estimate of drug-likeness (QED) is 0.576. The Bertz CT molecular complexity index is 116. The fraction of sp³-hybridized carbons (Fsp3) is 1.00. The number of hydrogen-bond acceptors (Lipinski definition) is 2. The third-order valence-corrected chi connectivity index (χ3v) is 2.52. The van der Waals surface area contributed by atoms with Crippen LogP contribution in [0.25, 0.3) is 0 Å². The lowest BCUT2D eigenvalue weighted by molar-refractivity contribution is -0.00562. The molecule has 2 heteroatoms. The molecule has 0 aromatic heterocycles. The Labute approximate surface area is 62.4 Å². The molecule has 0 spiro atoms. The second-order valence-electron chi connectivity index (χ2n) is 3.43. The molecule has 2 atom stereocenters. The van der Waals surface area contributed by atoms with Crippen molar-refractivity contribution >= 4 is 0 Å². The van der Waals surface area contributed by atoms with E-state index in [0.29, 0.717) is 0 Å². The van der Waals surface area contributed by atoms with Crippen LogP contribution in [0.2, 0.25) is 0 Å². The van der Waals surface area contributed by atoms with E-state index in [1.165, 1.54) is 0 Å². The van der Waals surface area contributed by atoms with Gasteiger partial charge in [-0.05, 0) is 32.1 Å². The average molecular weight is 143 g/mol. The first kappa shape index (κ1) is 8.02.